The fourth-order valence-corrected chi connectivity index (χ4v) is 4.10. The fourth-order valence-electron chi connectivity index (χ4n) is 4.10. The van der Waals surface area contributed by atoms with Crippen LogP contribution in [0, 0.1) is 0 Å². The van der Waals surface area contributed by atoms with Crippen molar-refractivity contribution in [2.45, 2.75) is 20.0 Å². The molecule has 5 heteroatoms. The molecule has 4 aromatic rings. The highest BCUT2D eigenvalue weighted by Crippen LogP contribution is 2.38. The van der Waals surface area contributed by atoms with Gasteiger partial charge in [-0.2, -0.15) is 0 Å². The van der Waals surface area contributed by atoms with Crippen LogP contribution in [0.1, 0.15) is 23.9 Å². The number of carbonyl (C=O) groups excluding carboxylic acids is 1. The van der Waals surface area contributed by atoms with Crippen molar-refractivity contribution in [2.24, 2.45) is 0 Å². The first-order valence-corrected chi connectivity index (χ1v) is 10.3. The van der Waals surface area contributed by atoms with Crippen LogP contribution in [0.2, 0.25) is 0 Å². The molecule has 0 bridgehead atoms. The first kappa shape index (κ1) is 19.0. The van der Waals surface area contributed by atoms with Crippen molar-refractivity contribution >= 4 is 34.1 Å². The van der Waals surface area contributed by atoms with E-state index in [1.165, 1.54) is 0 Å². The summed E-state index contributed by atoms with van der Waals surface area (Å²) < 4.78 is 1.62. The van der Waals surface area contributed by atoms with Crippen LogP contribution in [-0.4, -0.2) is 15.5 Å². The quantitative estimate of drug-likeness (QED) is 0.468. The number of nitrogens with zero attached hydrogens (tertiary/aromatic N) is 3. The van der Waals surface area contributed by atoms with Crippen LogP contribution in [0.3, 0.4) is 0 Å². The molecular formula is C26H21N3O2. The summed E-state index contributed by atoms with van der Waals surface area (Å²) in [6.45, 7) is 2.87. The van der Waals surface area contributed by atoms with E-state index in [1.807, 2.05) is 79.7 Å². The van der Waals surface area contributed by atoms with E-state index < -0.39 is 0 Å². The van der Waals surface area contributed by atoms with E-state index >= 15 is 0 Å². The summed E-state index contributed by atoms with van der Waals surface area (Å²) in [6.07, 6.45) is 1.75. The van der Waals surface area contributed by atoms with Gasteiger partial charge in [0.25, 0.3) is 11.5 Å². The van der Waals surface area contributed by atoms with Gasteiger partial charge in [0, 0.05) is 12.1 Å². The van der Waals surface area contributed by atoms with Crippen molar-refractivity contribution in [3.8, 4) is 0 Å². The van der Waals surface area contributed by atoms with E-state index in [4.69, 9.17) is 4.98 Å². The molecular weight excluding hydrogens is 386 g/mol. The molecule has 0 saturated carbocycles. The van der Waals surface area contributed by atoms with Gasteiger partial charge in [0.15, 0.2) is 0 Å². The largest absolute Gasteiger partial charge is 0.303 e. The number of benzene rings is 3. The summed E-state index contributed by atoms with van der Waals surface area (Å²) in [5.74, 6) is 0.404. The lowest BCUT2D eigenvalue weighted by molar-refractivity contribution is -0.113. The standard InChI is InChI=1S/C26H21N3O2/c1-2-28-24(27-22-14-8-6-13-20(22)25(28)30)16-21-19-12-7-9-15-23(19)29(26(21)31)17-18-10-4-3-5-11-18/h3-16H,2,17H2,1H3/b21-16-. The summed E-state index contributed by atoms with van der Waals surface area (Å²) in [6, 6.07) is 25.0. The van der Waals surface area contributed by atoms with Crippen LogP contribution < -0.4 is 10.5 Å². The molecule has 1 aliphatic rings. The molecule has 1 aliphatic heterocycles. The third kappa shape index (κ3) is 3.24. The number of anilines is 1. The lowest BCUT2D eigenvalue weighted by Gasteiger charge is -2.17. The Bertz CT molecular complexity index is 1390. The molecule has 31 heavy (non-hydrogen) atoms. The number of rotatable bonds is 4. The summed E-state index contributed by atoms with van der Waals surface area (Å²) in [7, 11) is 0. The third-order valence-electron chi connectivity index (χ3n) is 5.62. The van der Waals surface area contributed by atoms with Crippen LogP contribution in [0.5, 0.6) is 0 Å². The normalized spacial score (nSPS) is 14.4. The Morgan fingerprint density at radius 3 is 2.39 bits per heavy atom. The topological polar surface area (TPSA) is 55.2 Å². The van der Waals surface area contributed by atoms with Gasteiger partial charge in [-0.3, -0.25) is 14.2 Å². The summed E-state index contributed by atoms with van der Waals surface area (Å²) in [5, 5.41) is 0.579. The molecule has 0 unspecified atom stereocenters. The highest BCUT2D eigenvalue weighted by atomic mass is 16.2. The van der Waals surface area contributed by atoms with Gasteiger partial charge < -0.3 is 4.90 Å². The lowest BCUT2D eigenvalue weighted by atomic mass is 10.1. The van der Waals surface area contributed by atoms with Crippen molar-refractivity contribution < 1.29 is 4.79 Å². The zero-order chi connectivity index (χ0) is 21.4. The van der Waals surface area contributed by atoms with E-state index in [2.05, 4.69) is 0 Å². The van der Waals surface area contributed by atoms with Crippen LogP contribution in [0.25, 0.3) is 22.6 Å². The molecule has 5 nitrogen and oxygen atoms in total. The molecule has 0 saturated heterocycles. The number of para-hydroxylation sites is 2. The molecule has 0 radical (unpaired) electrons. The van der Waals surface area contributed by atoms with Gasteiger partial charge in [-0.15, -0.1) is 0 Å². The number of aromatic nitrogens is 2. The van der Waals surface area contributed by atoms with Crippen molar-refractivity contribution in [3.05, 3.63) is 106 Å². The molecule has 0 aliphatic carbocycles. The molecule has 152 valence electrons. The molecule has 2 heterocycles. The highest BCUT2D eigenvalue weighted by Gasteiger charge is 2.32. The minimum absolute atomic E-state index is 0.0879. The maximum atomic E-state index is 13.5. The number of fused-ring (bicyclic) bond motifs is 2. The number of carbonyl (C=O) groups is 1. The van der Waals surface area contributed by atoms with Gasteiger partial charge in [0.05, 0.1) is 28.7 Å². The van der Waals surface area contributed by atoms with Gasteiger partial charge in [-0.1, -0.05) is 60.7 Å². The Kier molecular flexibility index (Phi) is 4.71. The van der Waals surface area contributed by atoms with Gasteiger partial charge in [-0.05, 0) is 36.8 Å². The fraction of sp³-hybridized carbons (Fsp3) is 0.115. The first-order valence-electron chi connectivity index (χ1n) is 10.3. The third-order valence-corrected chi connectivity index (χ3v) is 5.62. The Morgan fingerprint density at radius 1 is 0.871 bits per heavy atom. The van der Waals surface area contributed by atoms with Crippen molar-refractivity contribution in [1.82, 2.24) is 9.55 Å². The SMILES string of the molecule is CCn1c(/C=C2\C(=O)N(Cc3ccccc3)c3ccccc32)nc2ccccc2c1=O. The second-order valence-corrected chi connectivity index (χ2v) is 7.49. The van der Waals surface area contributed by atoms with Crippen LogP contribution >= 0.6 is 0 Å². The maximum absolute atomic E-state index is 13.5. The van der Waals surface area contributed by atoms with Crippen molar-refractivity contribution in [3.63, 3.8) is 0 Å². The molecule has 0 N–H and O–H groups in total. The number of hydrogen-bond acceptors (Lipinski definition) is 3. The van der Waals surface area contributed by atoms with Crippen molar-refractivity contribution in [1.29, 1.82) is 0 Å². The van der Waals surface area contributed by atoms with Crippen molar-refractivity contribution in [2.75, 3.05) is 4.90 Å². The van der Waals surface area contributed by atoms with Crippen LogP contribution in [0.15, 0.2) is 83.7 Å². The maximum Gasteiger partial charge on any atom is 0.261 e. The minimum atomic E-state index is -0.0974. The van der Waals surface area contributed by atoms with Gasteiger partial charge in [0.1, 0.15) is 5.82 Å². The number of amides is 1. The summed E-state index contributed by atoms with van der Waals surface area (Å²) >= 11 is 0. The zero-order valence-corrected chi connectivity index (χ0v) is 17.2. The monoisotopic (exact) mass is 407 g/mol. The average molecular weight is 407 g/mol. The second kappa shape index (κ2) is 7.69. The van der Waals surface area contributed by atoms with E-state index in [9.17, 15) is 9.59 Å². The highest BCUT2D eigenvalue weighted by molar-refractivity contribution is 6.35. The smallest absolute Gasteiger partial charge is 0.261 e. The van der Waals surface area contributed by atoms with E-state index in [0.717, 1.165) is 16.8 Å². The summed E-state index contributed by atoms with van der Waals surface area (Å²) in [5.41, 5.74) is 3.86. The minimum Gasteiger partial charge on any atom is -0.303 e. The van der Waals surface area contributed by atoms with Gasteiger partial charge >= 0.3 is 0 Å². The predicted octanol–water partition coefficient (Wildman–Crippen LogP) is 4.50. The van der Waals surface area contributed by atoms with Gasteiger partial charge in [0.2, 0.25) is 0 Å². The second-order valence-electron chi connectivity index (χ2n) is 7.49. The van der Waals surface area contributed by atoms with Crippen LogP contribution in [0.4, 0.5) is 5.69 Å². The summed E-state index contributed by atoms with van der Waals surface area (Å²) in [4.78, 5) is 32.9. The molecule has 0 spiro atoms. The molecule has 5 rings (SSSR count). The molecule has 1 aromatic heterocycles. The average Bonchev–Trinajstić information content (AvgIpc) is 3.06. The van der Waals surface area contributed by atoms with Gasteiger partial charge in [-0.25, -0.2) is 4.98 Å². The number of hydrogen-bond donors (Lipinski definition) is 0. The lowest BCUT2D eigenvalue weighted by Crippen LogP contribution is -2.26. The molecule has 3 aromatic carbocycles. The van der Waals surface area contributed by atoms with Crippen LogP contribution in [-0.2, 0) is 17.9 Å². The molecule has 1 amide bonds. The predicted molar refractivity (Wildman–Crippen MR) is 124 cm³/mol. The van der Waals surface area contributed by atoms with E-state index in [1.54, 1.807) is 21.6 Å². The Morgan fingerprint density at radius 2 is 1.58 bits per heavy atom. The van der Waals surface area contributed by atoms with E-state index in [0.29, 0.717) is 35.4 Å². The molecule has 0 atom stereocenters. The van der Waals surface area contributed by atoms with E-state index in [-0.39, 0.29) is 11.5 Å². The Balaban J connectivity index is 1.65. The zero-order valence-electron chi connectivity index (χ0n) is 17.2. The Labute approximate surface area is 179 Å². The molecule has 0 fully saturated rings. The Hall–Kier alpha value is -3.99. The first-order chi connectivity index (χ1) is 15.2.